The molecular weight excluding hydrogens is 280 g/mol. The predicted octanol–water partition coefficient (Wildman–Crippen LogP) is 1.53. The van der Waals surface area contributed by atoms with Crippen molar-refractivity contribution in [2.45, 2.75) is 13.5 Å². The minimum Gasteiger partial charge on any atom is -0.492 e. The van der Waals surface area contributed by atoms with Crippen molar-refractivity contribution in [3.8, 4) is 5.75 Å². The smallest absolute Gasteiger partial charge is 0.265 e. The number of ether oxygens (including phenoxy) is 1. The van der Waals surface area contributed by atoms with E-state index in [1.54, 1.807) is 35.1 Å². The number of aryl methyl sites for hydroxylation is 1. The molecule has 2 rings (SSSR count). The van der Waals surface area contributed by atoms with Gasteiger partial charge in [-0.05, 0) is 31.2 Å². The second-order valence-corrected chi connectivity index (χ2v) is 4.58. The van der Waals surface area contributed by atoms with Gasteiger partial charge >= 0.3 is 0 Å². The molecule has 20 heavy (non-hydrogen) atoms. The lowest BCUT2D eigenvalue weighted by atomic mass is 10.2. The summed E-state index contributed by atoms with van der Waals surface area (Å²) in [5.74, 6) is 5.39. The minimum absolute atomic E-state index is 0.335. The molecule has 1 aromatic carbocycles. The van der Waals surface area contributed by atoms with Gasteiger partial charge in [0.1, 0.15) is 12.4 Å². The molecule has 0 spiro atoms. The molecule has 0 radical (unpaired) electrons. The van der Waals surface area contributed by atoms with Crippen LogP contribution < -0.4 is 16.0 Å². The van der Waals surface area contributed by atoms with Crippen LogP contribution in [0.1, 0.15) is 16.1 Å². The van der Waals surface area contributed by atoms with E-state index in [0.29, 0.717) is 29.5 Å². The molecule has 106 valence electrons. The third kappa shape index (κ3) is 3.49. The Hall–Kier alpha value is -2.05. The summed E-state index contributed by atoms with van der Waals surface area (Å²) in [6.07, 6.45) is 1.76. The fraction of sp³-hybridized carbons (Fsp3) is 0.231. The Kier molecular flexibility index (Phi) is 4.60. The molecule has 2 aromatic rings. The largest absolute Gasteiger partial charge is 0.492 e. The van der Waals surface area contributed by atoms with Gasteiger partial charge in [0, 0.05) is 11.8 Å². The van der Waals surface area contributed by atoms with Crippen molar-refractivity contribution in [2.75, 3.05) is 6.61 Å². The number of amides is 1. The highest BCUT2D eigenvalue weighted by atomic mass is 35.5. The zero-order valence-electron chi connectivity index (χ0n) is 11.0. The van der Waals surface area contributed by atoms with E-state index in [2.05, 4.69) is 10.5 Å². The molecule has 1 amide bonds. The number of rotatable bonds is 5. The van der Waals surface area contributed by atoms with Gasteiger partial charge < -0.3 is 4.74 Å². The summed E-state index contributed by atoms with van der Waals surface area (Å²) in [6.45, 7) is 2.90. The molecule has 0 bridgehead atoms. The maximum atomic E-state index is 11.3. The van der Waals surface area contributed by atoms with Crippen molar-refractivity contribution in [3.05, 3.63) is 46.7 Å². The molecule has 1 aromatic heterocycles. The van der Waals surface area contributed by atoms with Gasteiger partial charge in [0.05, 0.1) is 17.3 Å². The van der Waals surface area contributed by atoms with Crippen molar-refractivity contribution >= 4 is 17.5 Å². The average Bonchev–Trinajstić information content (AvgIpc) is 2.77. The third-order valence-electron chi connectivity index (χ3n) is 2.72. The Balaban J connectivity index is 1.86. The quantitative estimate of drug-likeness (QED) is 0.498. The normalized spacial score (nSPS) is 10.3. The number of hydrazine groups is 1. The number of hydrogen-bond donors (Lipinski definition) is 2. The zero-order valence-corrected chi connectivity index (χ0v) is 11.7. The van der Waals surface area contributed by atoms with Crippen molar-refractivity contribution in [1.29, 1.82) is 0 Å². The van der Waals surface area contributed by atoms with E-state index in [0.717, 1.165) is 5.69 Å². The third-order valence-corrected chi connectivity index (χ3v) is 3.09. The lowest BCUT2D eigenvalue weighted by Gasteiger charge is -2.07. The highest BCUT2D eigenvalue weighted by Gasteiger charge is 2.04. The van der Waals surface area contributed by atoms with E-state index < -0.39 is 0 Å². The number of benzene rings is 1. The topological polar surface area (TPSA) is 82.2 Å². The van der Waals surface area contributed by atoms with Gasteiger partial charge in [-0.15, -0.1) is 0 Å². The fourth-order valence-corrected chi connectivity index (χ4v) is 1.80. The van der Waals surface area contributed by atoms with Crippen LogP contribution in [0.3, 0.4) is 0 Å². The molecule has 7 heteroatoms. The summed E-state index contributed by atoms with van der Waals surface area (Å²) >= 11 is 5.91. The van der Waals surface area contributed by atoms with E-state index >= 15 is 0 Å². The van der Waals surface area contributed by atoms with Gasteiger partial charge in [-0.1, -0.05) is 11.6 Å². The number of nitrogen functional groups attached to an aromatic ring is 1. The Bertz CT molecular complexity index is 575. The van der Waals surface area contributed by atoms with Crippen LogP contribution in [0.2, 0.25) is 5.02 Å². The first-order valence-corrected chi connectivity index (χ1v) is 6.41. The number of hydrogen-bond acceptors (Lipinski definition) is 4. The predicted molar refractivity (Wildman–Crippen MR) is 75.6 cm³/mol. The number of carbonyl (C=O) groups is 1. The molecule has 0 unspecified atom stereocenters. The number of nitrogens with one attached hydrogen (secondary N) is 1. The Morgan fingerprint density at radius 1 is 1.45 bits per heavy atom. The van der Waals surface area contributed by atoms with E-state index in [1.165, 1.54) is 0 Å². The molecule has 6 nitrogen and oxygen atoms in total. The SMILES string of the molecule is Cc1nn(CCOc2ccc(C(=O)NN)cc2)cc1Cl. The number of nitrogens with two attached hydrogens (primary N) is 1. The molecule has 1 heterocycles. The first kappa shape index (κ1) is 14.4. The molecule has 0 saturated carbocycles. The van der Waals surface area contributed by atoms with Crippen LogP contribution >= 0.6 is 11.6 Å². The first-order valence-electron chi connectivity index (χ1n) is 6.03. The summed E-state index contributed by atoms with van der Waals surface area (Å²) in [5.41, 5.74) is 3.35. The highest BCUT2D eigenvalue weighted by Crippen LogP contribution is 2.14. The van der Waals surface area contributed by atoms with Crippen LogP contribution in [0.25, 0.3) is 0 Å². The second-order valence-electron chi connectivity index (χ2n) is 4.17. The van der Waals surface area contributed by atoms with Crippen LogP contribution in [0.15, 0.2) is 30.5 Å². The molecule has 0 aliphatic carbocycles. The first-order chi connectivity index (χ1) is 9.60. The van der Waals surface area contributed by atoms with Crippen LogP contribution in [0.5, 0.6) is 5.75 Å². The Labute approximate surface area is 121 Å². The molecule has 3 N–H and O–H groups in total. The summed E-state index contributed by atoms with van der Waals surface area (Å²) < 4.78 is 7.29. The van der Waals surface area contributed by atoms with Crippen molar-refractivity contribution < 1.29 is 9.53 Å². The van der Waals surface area contributed by atoms with Crippen LogP contribution in [-0.4, -0.2) is 22.3 Å². The number of halogens is 1. The minimum atomic E-state index is -0.335. The second kappa shape index (κ2) is 6.40. The van der Waals surface area contributed by atoms with Crippen LogP contribution in [0, 0.1) is 6.92 Å². The number of nitrogens with zero attached hydrogens (tertiary/aromatic N) is 2. The Morgan fingerprint density at radius 3 is 2.70 bits per heavy atom. The standard InChI is InChI=1S/C13H15ClN4O2/c1-9-12(14)8-18(17-9)6-7-20-11-4-2-10(3-5-11)13(19)16-15/h2-5,8H,6-7,15H2,1H3,(H,16,19). The summed E-state index contributed by atoms with van der Waals surface area (Å²) in [7, 11) is 0. The summed E-state index contributed by atoms with van der Waals surface area (Å²) in [6, 6.07) is 6.72. The summed E-state index contributed by atoms with van der Waals surface area (Å²) in [4.78, 5) is 11.3. The molecule has 0 fully saturated rings. The number of carbonyl (C=O) groups excluding carboxylic acids is 1. The molecule has 0 aliphatic heterocycles. The zero-order chi connectivity index (χ0) is 14.5. The van der Waals surface area contributed by atoms with Crippen molar-refractivity contribution in [1.82, 2.24) is 15.2 Å². The van der Waals surface area contributed by atoms with Gasteiger partial charge in [0.15, 0.2) is 0 Å². The highest BCUT2D eigenvalue weighted by molar-refractivity contribution is 6.31. The number of aromatic nitrogens is 2. The van der Waals surface area contributed by atoms with E-state index in [4.69, 9.17) is 22.2 Å². The fourth-order valence-electron chi connectivity index (χ4n) is 1.65. The average molecular weight is 295 g/mol. The van der Waals surface area contributed by atoms with Crippen LogP contribution in [0.4, 0.5) is 0 Å². The van der Waals surface area contributed by atoms with Crippen molar-refractivity contribution in [2.24, 2.45) is 5.84 Å². The maximum Gasteiger partial charge on any atom is 0.265 e. The van der Waals surface area contributed by atoms with Gasteiger partial charge in [-0.25, -0.2) is 5.84 Å². The van der Waals surface area contributed by atoms with Gasteiger partial charge in [-0.3, -0.25) is 14.9 Å². The van der Waals surface area contributed by atoms with Gasteiger partial charge in [-0.2, -0.15) is 5.10 Å². The molecular formula is C13H15ClN4O2. The summed E-state index contributed by atoms with van der Waals surface area (Å²) in [5, 5.41) is 4.87. The van der Waals surface area contributed by atoms with Gasteiger partial charge in [0.2, 0.25) is 0 Å². The van der Waals surface area contributed by atoms with Crippen LogP contribution in [-0.2, 0) is 6.54 Å². The molecule has 0 atom stereocenters. The van der Waals surface area contributed by atoms with Crippen molar-refractivity contribution in [3.63, 3.8) is 0 Å². The monoisotopic (exact) mass is 294 g/mol. The van der Waals surface area contributed by atoms with E-state index in [1.807, 2.05) is 6.92 Å². The lowest BCUT2D eigenvalue weighted by molar-refractivity contribution is 0.0953. The van der Waals surface area contributed by atoms with Gasteiger partial charge in [0.25, 0.3) is 5.91 Å². The molecule has 0 aliphatic rings. The van der Waals surface area contributed by atoms with E-state index in [-0.39, 0.29) is 5.91 Å². The molecule has 0 saturated heterocycles. The Morgan fingerprint density at radius 2 is 2.15 bits per heavy atom. The van der Waals surface area contributed by atoms with E-state index in [9.17, 15) is 4.79 Å². The lowest BCUT2D eigenvalue weighted by Crippen LogP contribution is -2.29. The maximum absolute atomic E-state index is 11.3.